The zero-order valence-electron chi connectivity index (χ0n) is 8.07. The molecule has 3 heteroatoms. The summed E-state index contributed by atoms with van der Waals surface area (Å²) in [6.45, 7) is 5.78. The van der Waals surface area contributed by atoms with Crippen molar-refractivity contribution in [2.45, 2.75) is 30.9 Å². The number of carbonyl (C=O) groups excluding carboxylic acids is 1. The van der Waals surface area contributed by atoms with E-state index in [1.165, 1.54) is 6.92 Å². The largest absolute Gasteiger partial charge is 0.293 e. The summed E-state index contributed by atoms with van der Waals surface area (Å²) in [6, 6.07) is 3.77. The first-order chi connectivity index (χ1) is 6.09. The molecule has 13 heavy (non-hydrogen) atoms. The van der Waals surface area contributed by atoms with E-state index in [9.17, 15) is 4.79 Å². The van der Waals surface area contributed by atoms with Crippen LogP contribution in [0.4, 0.5) is 0 Å². The molecule has 0 saturated heterocycles. The summed E-state index contributed by atoms with van der Waals surface area (Å²) < 4.78 is 0. The molecule has 0 radical (unpaired) electrons. The Morgan fingerprint density at radius 3 is 2.77 bits per heavy atom. The van der Waals surface area contributed by atoms with Crippen molar-refractivity contribution >= 4 is 17.5 Å². The number of rotatable bonds is 3. The number of pyridine rings is 1. The summed E-state index contributed by atoms with van der Waals surface area (Å²) in [5.74, 6) is 0.0196. The van der Waals surface area contributed by atoms with Crippen molar-refractivity contribution in [3.8, 4) is 0 Å². The molecule has 0 fully saturated rings. The van der Waals surface area contributed by atoms with E-state index >= 15 is 0 Å². The molecular formula is C10H13NOS. The number of ketones is 1. The van der Waals surface area contributed by atoms with Crippen molar-refractivity contribution in [1.29, 1.82) is 0 Å². The van der Waals surface area contributed by atoms with Gasteiger partial charge in [0.1, 0.15) is 5.69 Å². The number of thioether (sulfide) groups is 1. The minimum atomic E-state index is 0.0196. The van der Waals surface area contributed by atoms with Gasteiger partial charge in [-0.15, -0.1) is 11.8 Å². The lowest BCUT2D eigenvalue weighted by Crippen LogP contribution is -1.96. The second kappa shape index (κ2) is 4.42. The highest BCUT2D eigenvalue weighted by Crippen LogP contribution is 2.22. The van der Waals surface area contributed by atoms with Crippen molar-refractivity contribution < 1.29 is 4.79 Å². The van der Waals surface area contributed by atoms with Gasteiger partial charge < -0.3 is 0 Å². The smallest absolute Gasteiger partial charge is 0.178 e. The molecule has 0 bridgehead atoms. The van der Waals surface area contributed by atoms with Crippen LogP contribution in [0.15, 0.2) is 23.2 Å². The van der Waals surface area contributed by atoms with Crippen molar-refractivity contribution in [3.63, 3.8) is 0 Å². The van der Waals surface area contributed by atoms with Crippen LogP contribution in [-0.4, -0.2) is 16.0 Å². The Labute approximate surface area is 82.8 Å². The third-order valence-corrected chi connectivity index (χ3v) is 2.46. The van der Waals surface area contributed by atoms with E-state index in [0.29, 0.717) is 10.9 Å². The van der Waals surface area contributed by atoms with E-state index in [1.807, 2.05) is 12.1 Å². The molecular weight excluding hydrogens is 182 g/mol. The lowest BCUT2D eigenvalue weighted by Gasteiger charge is -2.04. The lowest BCUT2D eigenvalue weighted by molar-refractivity contribution is 0.101. The molecule has 0 aromatic carbocycles. The van der Waals surface area contributed by atoms with E-state index in [-0.39, 0.29) is 5.78 Å². The zero-order valence-corrected chi connectivity index (χ0v) is 8.89. The minimum absolute atomic E-state index is 0.0196. The normalized spacial score (nSPS) is 10.5. The average Bonchev–Trinajstić information content (AvgIpc) is 2.03. The van der Waals surface area contributed by atoms with Gasteiger partial charge >= 0.3 is 0 Å². The van der Waals surface area contributed by atoms with Gasteiger partial charge in [0, 0.05) is 23.3 Å². The van der Waals surface area contributed by atoms with E-state index in [4.69, 9.17) is 0 Å². The molecule has 0 aliphatic carbocycles. The molecule has 0 aliphatic rings. The van der Waals surface area contributed by atoms with E-state index in [0.717, 1.165) is 4.90 Å². The van der Waals surface area contributed by atoms with Gasteiger partial charge in [0.2, 0.25) is 0 Å². The number of aromatic nitrogens is 1. The fourth-order valence-electron chi connectivity index (χ4n) is 0.949. The number of hydrogen-bond acceptors (Lipinski definition) is 3. The second-order valence-electron chi connectivity index (χ2n) is 3.10. The maximum absolute atomic E-state index is 11.0. The Morgan fingerprint density at radius 1 is 1.54 bits per heavy atom. The van der Waals surface area contributed by atoms with Crippen LogP contribution in [0.5, 0.6) is 0 Å². The number of Topliss-reactive ketones (excluding diaryl/α,β-unsaturated/α-hetero) is 1. The SMILES string of the molecule is CC(=O)c1cc(SC(C)C)ccn1. The molecule has 0 aliphatic heterocycles. The fourth-order valence-corrected chi connectivity index (χ4v) is 1.81. The Morgan fingerprint density at radius 2 is 2.23 bits per heavy atom. The zero-order chi connectivity index (χ0) is 9.84. The van der Waals surface area contributed by atoms with Gasteiger partial charge in [-0.3, -0.25) is 9.78 Å². The van der Waals surface area contributed by atoms with Gasteiger partial charge in [0.05, 0.1) is 0 Å². The molecule has 1 heterocycles. The standard InChI is InChI=1S/C10H13NOS/c1-7(2)13-9-4-5-11-10(6-9)8(3)12/h4-7H,1-3H3. The summed E-state index contributed by atoms with van der Waals surface area (Å²) in [5.41, 5.74) is 0.547. The van der Waals surface area contributed by atoms with E-state index in [2.05, 4.69) is 18.8 Å². The monoisotopic (exact) mass is 195 g/mol. The number of nitrogens with zero attached hydrogens (tertiary/aromatic N) is 1. The van der Waals surface area contributed by atoms with Crippen LogP contribution in [-0.2, 0) is 0 Å². The van der Waals surface area contributed by atoms with Gasteiger partial charge in [0.25, 0.3) is 0 Å². The molecule has 0 saturated carbocycles. The predicted octanol–water partition coefficient (Wildman–Crippen LogP) is 2.78. The second-order valence-corrected chi connectivity index (χ2v) is 4.75. The Bertz CT molecular complexity index is 310. The molecule has 0 amide bonds. The van der Waals surface area contributed by atoms with Crippen LogP contribution < -0.4 is 0 Å². The molecule has 0 unspecified atom stereocenters. The predicted molar refractivity (Wildman–Crippen MR) is 55.2 cm³/mol. The molecule has 1 aromatic heterocycles. The summed E-state index contributed by atoms with van der Waals surface area (Å²) in [6.07, 6.45) is 1.68. The molecule has 70 valence electrons. The molecule has 0 atom stereocenters. The maximum atomic E-state index is 11.0. The third-order valence-electron chi connectivity index (χ3n) is 1.46. The van der Waals surface area contributed by atoms with Gasteiger partial charge in [0.15, 0.2) is 5.78 Å². The van der Waals surface area contributed by atoms with Gasteiger partial charge in [-0.25, -0.2) is 0 Å². The van der Waals surface area contributed by atoms with Gasteiger partial charge in [-0.1, -0.05) is 13.8 Å². The minimum Gasteiger partial charge on any atom is -0.293 e. The van der Waals surface area contributed by atoms with Crippen LogP contribution in [0.3, 0.4) is 0 Å². The van der Waals surface area contributed by atoms with Crippen molar-refractivity contribution in [3.05, 3.63) is 24.0 Å². The van der Waals surface area contributed by atoms with Crippen LogP contribution in [0.1, 0.15) is 31.3 Å². The number of carbonyl (C=O) groups is 1. The van der Waals surface area contributed by atoms with Crippen molar-refractivity contribution in [2.75, 3.05) is 0 Å². The summed E-state index contributed by atoms with van der Waals surface area (Å²) in [7, 11) is 0. The molecule has 0 N–H and O–H groups in total. The average molecular weight is 195 g/mol. The Balaban J connectivity index is 2.85. The highest BCUT2D eigenvalue weighted by molar-refractivity contribution is 7.99. The summed E-state index contributed by atoms with van der Waals surface area (Å²) in [5, 5.41) is 0.530. The molecule has 1 aromatic rings. The van der Waals surface area contributed by atoms with Gasteiger partial charge in [-0.2, -0.15) is 0 Å². The first kappa shape index (κ1) is 10.3. The molecule has 2 nitrogen and oxygen atoms in total. The van der Waals surface area contributed by atoms with Crippen LogP contribution in [0.25, 0.3) is 0 Å². The van der Waals surface area contributed by atoms with E-state index in [1.54, 1.807) is 18.0 Å². The number of hydrogen-bond donors (Lipinski definition) is 0. The highest BCUT2D eigenvalue weighted by atomic mass is 32.2. The fraction of sp³-hybridized carbons (Fsp3) is 0.400. The van der Waals surface area contributed by atoms with Crippen LogP contribution in [0.2, 0.25) is 0 Å². The quantitative estimate of drug-likeness (QED) is 0.548. The Hall–Kier alpha value is -0.830. The third kappa shape index (κ3) is 3.19. The summed E-state index contributed by atoms with van der Waals surface area (Å²) >= 11 is 1.74. The first-order valence-electron chi connectivity index (χ1n) is 4.23. The van der Waals surface area contributed by atoms with E-state index < -0.39 is 0 Å². The first-order valence-corrected chi connectivity index (χ1v) is 5.11. The van der Waals surface area contributed by atoms with Crippen LogP contribution in [0, 0.1) is 0 Å². The van der Waals surface area contributed by atoms with Gasteiger partial charge in [-0.05, 0) is 12.1 Å². The highest BCUT2D eigenvalue weighted by Gasteiger charge is 2.03. The maximum Gasteiger partial charge on any atom is 0.178 e. The van der Waals surface area contributed by atoms with Crippen molar-refractivity contribution in [1.82, 2.24) is 4.98 Å². The Kier molecular flexibility index (Phi) is 3.48. The topological polar surface area (TPSA) is 30.0 Å². The lowest BCUT2D eigenvalue weighted by atomic mass is 10.3. The summed E-state index contributed by atoms with van der Waals surface area (Å²) in [4.78, 5) is 16.1. The molecule has 1 rings (SSSR count). The van der Waals surface area contributed by atoms with Crippen molar-refractivity contribution in [2.24, 2.45) is 0 Å². The van der Waals surface area contributed by atoms with Crippen LogP contribution >= 0.6 is 11.8 Å². The molecule has 0 spiro atoms.